The van der Waals surface area contributed by atoms with Gasteiger partial charge in [-0.15, -0.1) is 38.2 Å². The number of halogens is 2. The number of rotatable bonds is 0. The molecule has 1 aliphatic carbocycles. The third-order valence-corrected chi connectivity index (χ3v) is 3.30. The number of aryl methyl sites for hydroxylation is 1. The van der Waals surface area contributed by atoms with Crippen LogP contribution in [0.5, 0.6) is 5.75 Å². The minimum absolute atomic E-state index is 0. The number of phenols is 1. The van der Waals surface area contributed by atoms with Gasteiger partial charge in [-0.05, 0) is 35.6 Å². The van der Waals surface area contributed by atoms with Crippen molar-refractivity contribution in [3.63, 3.8) is 0 Å². The number of benzene rings is 1. The molecule has 0 atom stereocenters. The molecule has 25 heavy (non-hydrogen) atoms. The molecule has 0 heterocycles. The Labute approximate surface area is 178 Å². The van der Waals surface area contributed by atoms with Crippen molar-refractivity contribution in [3.05, 3.63) is 52.6 Å². The van der Waals surface area contributed by atoms with E-state index in [0.29, 0.717) is 5.75 Å². The molecule has 141 valence electrons. The maximum absolute atomic E-state index is 9.36. The van der Waals surface area contributed by atoms with E-state index >= 15 is 0 Å². The van der Waals surface area contributed by atoms with Gasteiger partial charge in [0.2, 0.25) is 0 Å². The molecule has 0 spiro atoms. The Morgan fingerprint density at radius 3 is 1.76 bits per heavy atom. The van der Waals surface area contributed by atoms with Gasteiger partial charge in [-0.25, -0.2) is 11.1 Å². The summed E-state index contributed by atoms with van der Waals surface area (Å²) in [5.74, 6) is 0.361. The van der Waals surface area contributed by atoms with E-state index < -0.39 is 0 Å². The first-order valence-electron chi connectivity index (χ1n) is 8.01. The zero-order chi connectivity index (χ0) is 18.2. The van der Waals surface area contributed by atoms with Gasteiger partial charge in [0.15, 0.2) is 0 Å². The molecule has 0 bridgehead atoms. The van der Waals surface area contributed by atoms with Crippen molar-refractivity contribution in [1.29, 1.82) is 0 Å². The third-order valence-electron chi connectivity index (χ3n) is 3.30. The molecular formula is C21H33Cl2OTi. The van der Waals surface area contributed by atoms with Crippen LogP contribution in [0.25, 0.3) is 0 Å². The molecule has 0 unspecified atom stereocenters. The van der Waals surface area contributed by atoms with Gasteiger partial charge in [-0.2, -0.15) is 6.08 Å². The molecular weight excluding hydrogens is 387 g/mol. The zero-order valence-corrected chi connectivity index (χ0v) is 20.0. The Hall–Kier alpha value is -0.336. The van der Waals surface area contributed by atoms with Crippen LogP contribution in [-0.2, 0) is 25.4 Å². The molecule has 1 aromatic carbocycles. The maximum atomic E-state index is 9.36. The third kappa shape index (κ3) is 14.5. The van der Waals surface area contributed by atoms with Crippen LogP contribution >= 0.6 is 24.8 Å². The summed E-state index contributed by atoms with van der Waals surface area (Å²) in [6, 6.07) is 5.71. The van der Waals surface area contributed by atoms with Crippen molar-refractivity contribution in [1.82, 2.24) is 0 Å². The van der Waals surface area contributed by atoms with E-state index in [0.717, 1.165) is 12.0 Å². The van der Waals surface area contributed by atoms with E-state index in [9.17, 15) is 5.11 Å². The van der Waals surface area contributed by atoms with Crippen molar-refractivity contribution in [2.75, 3.05) is 0 Å². The quantitative estimate of drug-likeness (QED) is 0.367. The van der Waals surface area contributed by atoms with Gasteiger partial charge in [0, 0.05) is 0 Å². The Kier molecular flexibility index (Phi) is 16.3. The molecule has 1 aromatic rings. The van der Waals surface area contributed by atoms with E-state index in [1.165, 1.54) is 20.5 Å². The van der Waals surface area contributed by atoms with E-state index in [4.69, 9.17) is 0 Å². The molecule has 0 fully saturated rings. The predicted octanol–water partition coefficient (Wildman–Crippen LogP) is 6.67. The molecule has 0 amide bonds. The van der Waals surface area contributed by atoms with Gasteiger partial charge >= 0.3 is 37.6 Å². The second-order valence-corrected chi connectivity index (χ2v) is 8.76. The fourth-order valence-corrected chi connectivity index (χ4v) is 1.85. The first-order chi connectivity index (χ1) is 10.4. The van der Waals surface area contributed by atoms with Gasteiger partial charge in [-0.3, -0.25) is 6.08 Å². The summed E-state index contributed by atoms with van der Waals surface area (Å²) in [5, 5.41) is 9.36. The van der Waals surface area contributed by atoms with Crippen LogP contribution in [0.3, 0.4) is 0 Å². The summed E-state index contributed by atoms with van der Waals surface area (Å²) in [4.78, 5) is 0. The summed E-state index contributed by atoms with van der Waals surface area (Å²) < 4.78 is 1.42. The molecule has 0 saturated carbocycles. The van der Waals surface area contributed by atoms with Crippen molar-refractivity contribution in [2.45, 2.75) is 67.2 Å². The predicted molar refractivity (Wildman–Crippen MR) is 113 cm³/mol. The molecule has 4 heteroatoms. The number of allylic oxidation sites excluding steroid dienone is 4. The van der Waals surface area contributed by atoms with Crippen molar-refractivity contribution in [2.24, 2.45) is 0 Å². The Bertz CT molecular complexity index is 556. The van der Waals surface area contributed by atoms with Crippen LogP contribution < -0.4 is 0 Å². The molecule has 0 radical (unpaired) electrons. The normalized spacial score (nSPS) is 12.1. The fourth-order valence-electron chi connectivity index (χ4n) is 1.85. The molecule has 1 nitrogen and oxygen atoms in total. The van der Waals surface area contributed by atoms with Crippen LogP contribution in [0.2, 0.25) is 0 Å². The average molecular weight is 420 g/mol. The van der Waals surface area contributed by atoms with Crippen molar-refractivity contribution >= 4 is 28.6 Å². The number of aromatic hydroxyl groups is 1. The fraction of sp³-hybridized carbons (Fsp3) is 0.476. The van der Waals surface area contributed by atoms with E-state index in [1.54, 1.807) is 6.07 Å². The summed E-state index contributed by atoms with van der Waals surface area (Å²) >= 11 is 2.08. The Morgan fingerprint density at radius 2 is 1.52 bits per heavy atom. The second kappa shape index (κ2) is 13.8. The van der Waals surface area contributed by atoms with Crippen LogP contribution in [0.15, 0.2) is 35.4 Å². The van der Waals surface area contributed by atoms with Crippen molar-refractivity contribution < 1.29 is 25.1 Å². The van der Waals surface area contributed by atoms with E-state index in [2.05, 4.69) is 86.7 Å². The maximum Gasteiger partial charge on any atom is 0.116 e. The first kappa shape index (κ1) is 29.4. The Morgan fingerprint density at radius 1 is 1.04 bits per heavy atom. The number of phenolic OH excluding ortho intramolecular Hbond substituents is 1. The first-order valence-corrected chi connectivity index (χ1v) is 8.79. The van der Waals surface area contributed by atoms with E-state index in [-0.39, 0.29) is 30.2 Å². The zero-order valence-electron chi connectivity index (χ0n) is 16.8. The number of hydrogen-bond acceptors (Lipinski definition) is 1. The molecule has 0 saturated heterocycles. The van der Waals surface area contributed by atoms with Gasteiger partial charge in [0.25, 0.3) is 0 Å². The smallest absolute Gasteiger partial charge is 0.116 e. The summed E-state index contributed by atoms with van der Waals surface area (Å²) in [5.41, 5.74) is 5.11. The standard InChI is InChI=1S/C11H16O.C7H9.C3H6.2ClH.Ti/c1-8-5-9(11(2,3)4)7-10(12)6-8;1-6-4-3-5-7(6)2;1-3-2;;;/h5-7,12H,1-4H3;4H,3H2,1-2H3;1-2H3;2*1H;/q;-1;;;;+1. The second-order valence-electron chi connectivity index (χ2n) is 7.20. The molecule has 2 rings (SSSR count). The van der Waals surface area contributed by atoms with Crippen molar-refractivity contribution in [3.8, 4) is 5.75 Å². The van der Waals surface area contributed by atoms with Gasteiger partial charge in [0.05, 0.1) is 0 Å². The topological polar surface area (TPSA) is 20.2 Å². The minimum atomic E-state index is 0. The minimum Gasteiger partial charge on any atom is -0.508 e. The number of hydrogen-bond donors (Lipinski definition) is 1. The average Bonchev–Trinajstić information content (AvgIpc) is 2.71. The molecule has 1 N–H and O–H groups in total. The van der Waals surface area contributed by atoms with Crippen LogP contribution in [0.4, 0.5) is 0 Å². The summed E-state index contributed by atoms with van der Waals surface area (Å²) in [7, 11) is 0. The van der Waals surface area contributed by atoms with E-state index in [1.807, 2.05) is 13.0 Å². The molecule has 1 aliphatic rings. The van der Waals surface area contributed by atoms with Gasteiger partial charge < -0.3 is 5.11 Å². The molecule has 0 aliphatic heterocycles. The SMILES string of the molecule is CC1=[C-]CC=C1C.C[C](C)=[Ti+].Cc1cc(O)cc(C(C)(C)C)c1.Cl.Cl. The Balaban J connectivity index is -0.000000320. The van der Waals surface area contributed by atoms with Crippen LogP contribution in [-0.4, -0.2) is 8.92 Å². The summed E-state index contributed by atoms with van der Waals surface area (Å²) in [6.07, 6.45) is 6.41. The van der Waals surface area contributed by atoms with Gasteiger partial charge in [-0.1, -0.05) is 33.8 Å². The van der Waals surface area contributed by atoms with Crippen LogP contribution in [0, 0.1) is 13.0 Å². The monoisotopic (exact) mass is 419 g/mol. The summed E-state index contributed by atoms with van der Waals surface area (Å²) in [6.45, 7) is 16.8. The molecule has 0 aromatic heterocycles. The van der Waals surface area contributed by atoms with Crippen LogP contribution in [0.1, 0.15) is 66.0 Å². The van der Waals surface area contributed by atoms with Gasteiger partial charge in [0.1, 0.15) is 5.75 Å². The largest absolute Gasteiger partial charge is 0.508 e.